The number of hydrogen-bond donors (Lipinski definition) is 2. The Morgan fingerprint density at radius 1 is 1.06 bits per heavy atom. The van der Waals surface area contributed by atoms with Gasteiger partial charge >= 0.3 is 0 Å². The molecule has 0 aliphatic carbocycles. The molecule has 0 bridgehead atoms. The molecule has 0 radical (unpaired) electrons. The van der Waals surface area contributed by atoms with Crippen LogP contribution in [0.15, 0.2) is 0 Å². The van der Waals surface area contributed by atoms with Gasteiger partial charge in [0, 0.05) is 23.8 Å². The van der Waals surface area contributed by atoms with Crippen LogP contribution in [0.1, 0.15) is 34.1 Å². The van der Waals surface area contributed by atoms with Crippen molar-refractivity contribution in [1.29, 1.82) is 0 Å². The van der Waals surface area contributed by atoms with Gasteiger partial charge in [-0.25, -0.2) is 0 Å². The normalized spacial score (nSPS) is 37.5. The Hall–Kier alpha value is -0.710. The van der Waals surface area contributed by atoms with Gasteiger partial charge in [0.15, 0.2) is 0 Å². The highest BCUT2D eigenvalue weighted by atomic mass is 32.2. The summed E-state index contributed by atoms with van der Waals surface area (Å²) >= 11 is 1.38. The van der Waals surface area contributed by atoms with Crippen LogP contribution in [0.2, 0.25) is 0 Å². The molecule has 2 amide bonds. The zero-order valence-electron chi connectivity index (χ0n) is 10.2. The third-order valence-corrected chi connectivity index (χ3v) is 4.20. The summed E-state index contributed by atoms with van der Waals surface area (Å²) in [5, 5.41) is 6.18. The molecule has 16 heavy (non-hydrogen) atoms. The summed E-state index contributed by atoms with van der Waals surface area (Å²) in [6, 6.07) is 0.745. The zero-order chi connectivity index (χ0) is 12.3. The predicted octanol–water partition coefficient (Wildman–Crippen LogP) is 1.75. The van der Waals surface area contributed by atoms with Gasteiger partial charge in [0.25, 0.3) is 5.24 Å². The number of hydrogen-bond acceptors (Lipinski definition) is 3. The first-order chi connectivity index (χ1) is 7.40. The van der Waals surface area contributed by atoms with Crippen LogP contribution in [-0.2, 0) is 4.79 Å². The lowest BCUT2D eigenvalue weighted by molar-refractivity contribution is -0.119. The van der Waals surface area contributed by atoms with Crippen molar-refractivity contribution in [3.05, 3.63) is 0 Å². The average Bonchev–Trinajstić information content (AvgIpc) is 2.58. The topological polar surface area (TPSA) is 58.2 Å². The number of carbonyl (C=O) groups is 2. The fraction of sp³-hybridized carbons (Fsp3) is 0.818. The van der Waals surface area contributed by atoms with Crippen molar-refractivity contribution in [1.82, 2.24) is 10.6 Å². The van der Waals surface area contributed by atoms with E-state index < -0.39 is 0 Å². The molecule has 0 saturated carbocycles. The summed E-state index contributed by atoms with van der Waals surface area (Å²) in [5.74, 6) is 0.729. The molecule has 5 heteroatoms. The molecular formula is C11H20N2O2S. The van der Waals surface area contributed by atoms with Crippen LogP contribution in [0.25, 0.3) is 0 Å². The minimum atomic E-state index is 0.116. The zero-order valence-corrected chi connectivity index (χ0v) is 11.1. The standard InChI is InChI=1S/C6H11NO.C5H9NOS/c1-4-3-6(8)7-5(4)2;1-3-4(2)8-5(7)6-3/h4-5H,3H2,1-2H3,(H,7,8);3-4H,1-2H3,(H,6,7). The van der Waals surface area contributed by atoms with Gasteiger partial charge in [-0.15, -0.1) is 0 Å². The van der Waals surface area contributed by atoms with Gasteiger partial charge in [-0.2, -0.15) is 0 Å². The molecule has 0 aromatic carbocycles. The molecule has 0 aromatic heterocycles. The Kier molecular flexibility index (Phi) is 4.65. The minimum absolute atomic E-state index is 0.116. The van der Waals surface area contributed by atoms with E-state index in [4.69, 9.17) is 0 Å². The molecule has 2 N–H and O–H groups in total. The highest BCUT2D eigenvalue weighted by Gasteiger charge is 2.25. The fourth-order valence-corrected chi connectivity index (χ4v) is 2.40. The van der Waals surface area contributed by atoms with E-state index >= 15 is 0 Å². The van der Waals surface area contributed by atoms with E-state index in [9.17, 15) is 9.59 Å². The van der Waals surface area contributed by atoms with Crippen molar-refractivity contribution >= 4 is 22.9 Å². The Labute approximate surface area is 101 Å². The van der Waals surface area contributed by atoms with Crippen LogP contribution in [0.4, 0.5) is 4.79 Å². The second kappa shape index (κ2) is 5.57. The largest absolute Gasteiger partial charge is 0.353 e. The van der Waals surface area contributed by atoms with Gasteiger partial charge in [0.05, 0.1) is 0 Å². The summed E-state index contributed by atoms with van der Waals surface area (Å²) in [7, 11) is 0. The van der Waals surface area contributed by atoms with E-state index in [0.29, 0.717) is 29.7 Å². The summed E-state index contributed by atoms with van der Waals surface area (Å²) < 4.78 is 0. The van der Waals surface area contributed by atoms with Crippen LogP contribution in [0.5, 0.6) is 0 Å². The second-order valence-electron chi connectivity index (χ2n) is 4.58. The highest BCUT2D eigenvalue weighted by molar-refractivity contribution is 8.14. The monoisotopic (exact) mass is 244 g/mol. The smallest absolute Gasteiger partial charge is 0.279 e. The van der Waals surface area contributed by atoms with Crippen LogP contribution >= 0.6 is 11.8 Å². The quantitative estimate of drug-likeness (QED) is 0.682. The SMILES string of the molecule is CC1CC(=O)NC1C.CC1NC(=O)SC1C. The molecule has 0 spiro atoms. The molecule has 2 rings (SSSR count). The fourth-order valence-electron chi connectivity index (χ4n) is 1.53. The van der Waals surface area contributed by atoms with Crippen LogP contribution in [-0.4, -0.2) is 28.5 Å². The molecule has 2 heterocycles. The molecule has 2 aliphatic rings. The van der Waals surface area contributed by atoms with Crippen LogP contribution in [0.3, 0.4) is 0 Å². The first-order valence-electron chi connectivity index (χ1n) is 5.66. The molecule has 4 unspecified atom stereocenters. The number of rotatable bonds is 0. The lowest BCUT2D eigenvalue weighted by Gasteiger charge is -2.04. The van der Waals surface area contributed by atoms with E-state index in [0.717, 1.165) is 0 Å². The molecule has 2 fully saturated rings. The lowest BCUT2D eigenvalue weighted by atomic mass is 10.1. The van der Waals surface area contributed by atoms with Gasteiger partial charge in [-0.3, -0.25) is 9.59 Å². The Balaban J connectivity index is 0.000000160. The van der Waals surface area contributed by atoms with Gasteiger partial charge in [0.1, 0.15) is 0 Å². The summed E-state index contributed by atoms with van der Waals surface area (Å²) in [6.45, 7) is 8.19. The second-order valence-corrected chi connectivity index (χ2v) is 5.93. The highest BCUT2D eigenvalue weighted by Crippen LogP contribution is 2.21. The third kappa shape index (κ3) is 3.70. The predicted molar refractivity (Wildman–Crippen MR) is 66.4 cm³/mol. The van der Waals surface area contributed by atoms with E-state index in [1.54, 1.807) is 0 Å². The molecule has 4 nitrogen and oxygen atoms in total. The number of nitrogens with one attached hydrogen (secondary N) is 2. The van der Waals surface area contributed by atoms with E-state index in [-0.39, 0.29) is 11.1 Å². The molecule has 92 valence electrons. The maximum atomic E-state index is 10.6. The lowest BCUT2D eigenvalue weighted by Crippen LogP contribution is -2.25. The molecule has 2 saturated heterocycles. The van der Waals surface area contributed by atoms with E-state index in [1.807, 2.05) is 20.8 Å². The van der Waals surface area contributed by atoms with Crippen molar-refractivity contribution in [2.75, 3.05) is 0 Å². The summed E-state index contributed by atoms with van der Waals surface area (Å²) in [4.78, 5) is 21.1. The summed E-state index contributed by atoms with van der Waals surface area (Å²) in [6.07, 6.45) is 0.709. The molecule has 2 aliphatic heterocycles. The average molecular weight is 244 g/mol. The molecular weight excluding hydrogens is 224 g/mol. The van der Waals surface area contributed by atoms with Crippen molar-refractivity contribution < 1.29 is 9.59 Å². The van der Waals surface area contributed by atoms with Gasteiger partial charge in [-0.1, -0.05) is 25.6 Å². The van der Waals surface area contributed by atoms with Crippen molar-refractivity contribution in [3.63, 3.8) is 0 Å². The third-order valence-electron chi connectivity index (χ3n) is 3.09. The molecule has 4 atom stereocenters. The number of thioether (sulfide) groups is 1. The molecule has 0 aromatic rings. The Bertz CT molecular complexity index is 231. The van der Waals surface area contributed by atoms with Crippen LogP contribution in [0, 0.1) is 5.92 Å². The van der Waals surface area contributed by atoms with Gasteiger partial charge in [-0.05, 0) is 19.8 Å². The maximum absolute atomic E-state index is 10.6. The van der Waals surface area contributed by atoms with Gasteiger partial charge < -0.3 is 10.6 Å². The van der Waals surface area contributed by atoms with Crippen molar-refractivity contribution in [2.45, 2.75) is 51.4 Å². The Morgan fingerprint density at radius 3 is 1.81 bits per heavy atom. The van der Waals surface area contributed by atoms with Crippen molar-refractivity contribution in [2.24, 2.45) is 5.92 Å². The Morgan fingerprint density at radius 2 is 1.69 bits per heavy atom. The number of amides is 2. The van der Waals surface area contributed by atoms with Gasteiger partial charge in [0.2, 0.25) is 5.91 Å². The minimum Gasteiger partial charge on any atom is -0.353 e. The van der Waals surface area contributed by atoms with E-state index in [2.05, 4.69) is 17.6 Å². The van der Waals surface area contributed by atoms with Crippen LogP contribution < -0.4 is 10.6 Å². The first kappa shape index (κ1) is 13.4. The maximum Gasteiger partial charge on any atom is 0.279 e. The van der Waals surface area contributed by atoms with E-state index in [1.165, 1.54) is 11.8 Å². The van der Waals surface area contributed by atoms with Crippen molar-refractivity contribution in [3.8, 4) is 0 Å². The summed E-state index contributed by atoms with van der Waals surface area (Å²) in [5.41, 5.74) is 0. The number of carbonyl (C=O) groups excluding carboxylic acids is 2. The first-order valence-corrected chi connectivity index (χ1v) is 6.54.